The van der Waals surface area contributed by atoms with Crippen LogP contribution in [0.1, 0.15) is 11.3 Å². The molecule has 0 fully saturated rings. The number of nitrogens with zero attached hydrogens (tertiary/aromatic N) is 1. The monoisotopic (exact) mass is 433 g/mol. The first-order chi connectivity index (χ1) is 12.6. The highest BCUT2D eigenvalue weighted by atomic mass is 79.9. The van der Waals surface area contributed by atoms with E-state index in [-0.39, 0.29) is 12.5 Å². The molecule has 0 saturated heterocycles. The van der Waals surface area contributed by atoms with Crippen molar-refractivity contribution in [1.82, 2.24) is 4.90 Å². The van der Waals surface area contributed by atoms with Crippen LogP contribution in [0.3, 0.4) is 0 Å². The molecule has 3 aromatic rings. The Bertz CT molecular complexity index is 833. The van der Waals surface area contributed by atoms with E-state index in [9.17, 15) is 4.79 Å². The van der Waals surface area contributed by atoms with Crippen LogP contribution in [0.25, 0.3) is 0 Å². The molecule has 0 atom stereocenters. The van der Waals surface area contributed by atoms with Gasteiger partial charge in [0.15, 0.2) is 6.61 Å². The molecule has 0 bridgehead atoms. The van der Waals surface area contributed by atoms with Crippen molar-refractivity contribution in [2.45, 2.75) is 13.1 Å². The second kappa shape index (κ2) is 8.92. The fourth-order valence-electron chi connectivity index (χ4n) is 2.40. The highest BCUT2D eigenvalue weighted by Gasteiger charge is 2.17. The summed E-state index contributed by atoms with van der Waals surface area (Å²) in [5, 5.41) is 0.663. The molecule has 6 heteroatoms. The van der Waals surface area contributed by atoms with Gasteiger partial charge >= 0.3 is 0 Å². The average Bonchev–Trinajstić information content (AvgIpc) is 3.15. The van der Waals surface area contributed by atoms with Gasteiger partial charge in [0.2, 0.25) is 0 Å². The maximum absolute atomic E-state index is 12.7. The normalized spacial score (nSPS) is 10.5. The van der Waals surface area contributed by atoms with Crippen molar-refractivity contribution < 1.29 is 13.9 Å². The fraction of sp³-hybridized carbons (Fsp3) is 0.150. The molecule has 4 nitrogen and oxygen atoms in total. The van der Waals surface area contributed by atoms with Gasteiger partial charge in [-0.25, -0.2) is 0 Å². The van der Waals surface area contributed by atoms with E-state index >= 15 is 0 Å². The third-order valence-electron chi connectivity index (χ3n) is 3.74. The molecule has 2 aromatic carbocycles. The lowest BCUT2D eigenvalue weighted by Crippen LogP contribution is -2.34. The zero-order valence-corrected chi connectivity index (χ0v) is 16.2. The second-order valence-corrected chi connectivity index (χ2v) is 7.05. The number of carbonyl (C=O) groups excluding carboxylic acids is 1. The SMILES string of the molecule is O=C(COc1ccc(Br)cc1)N(Cc1ccc(Cl)cc1)Cc1ccco1. The van der Waals surface area contributed by atoms with Gasteiger partial charge in [-0.3, -0.25) is 4.79 Å². The number of rotatable bonds is 7. The van der Waals surface area contributed by atoms with Crippen molar-refractivity contribution in [2.75, 3.05) is 6.61 Å². The molecule has 1 heterocycles. The van der Waals surface area contributed by atoms with Crippen LogP contribution < -0.4 is 4.74 Å². The number of furan rings is 1. The van der Waals surface area contributed by atoms with Crippen LogP contribution >= 0.6 is 27.5 Å². The summed E-state index contributed by atoms with van der Waals surface area (Å²) in [6, 6.07) is 18.4. The van der Waals surface area contributed by atoms with Crippen molar-refractivity contribution in [3.63, 3.8) is 0 Å². The quantitative estimate of drug-likeness (QED) is 0.506. The van der Waals surface area contributed by atoms with E-state index in [0.717, 1.165) is 15.8 Å². The van der Waals surface area contributed by atoms with Gasteiger partial charge in [-0.15, -0.1) is 0 Å². The number of ether oxygens (including phenoxy) is 1. The summed E-state index contributed by atoms with van der Waals surface area (Å²) >= 11 is 9.31. The highest BCUT2D eigenvalue weighted by Crippen LogP contribution is 2.17. The van der Waals surface area contributed by atoms with Crippen molar-refractivity contribution in [1.29, 1.82) is 0 Å². The minimum atomic E-state index is -0.126. The highest BCUT2D eigenvalue weighted by molar-refractivity contribution is 9.10. The van der Waals surface area contributed by atoms with Crippen molar-refractivity contribution in [2.24, 2.45) is 0 Å². The molecule has 1 aromatic heterocycles. The van der Waals surface area contributed by atoms with Gasteiger partial charge in [-0.2, -0.15) is 0 Å². The zero-order valence-electron chi connectivity index (χ0n) is 13.9. The Morgan fingerprint density at radius 3 is 2.42 bits per heavy atom. The molecular weight excluding hydrogens is 418 g/mol. The topological polar surface area (TPSA) is 42.7 Å². The Kier molecular flexibility index (Phi) is 6.36. The third-order valence-corrected chi connectivity index (χ3v) is 4.52. The lowest BCUT2D eigenvalue weighted by Gasteiger charge is -2.22. The number of carbonyl (C=O) groups is 1. The predicted molar refractivity (Wildman–Crippen MR) is 104 cm³/mol. The van der Waals surface area contributed by atoms with Gasteiger partial charge in [0, 0.05) is 16.0 Å². The van der Waals surface area contributed by atoms with Gasteiger partial charge in [0.05, 0.1) is 12.8 Å². The lowest BCUT2D eigenvalue weighted by molar-refractivity contribution is -0.134. The summed E-state index contributed by atoms with van der Waals surface area (Å²) in [7, 11) is 0. The summed E-state index contributed by atoms with van der Waals surface area (Å²) in [6.45, 7) is 0.772. The Morgan fingerprint density at radius 1 is 1.04 bits per heavy atom. The maximum Gasteiger partial charge on any atom is 0.261 e. The molecule has 0 unspecified atom stereocenters. The van der Waals surface area contributed by atoms with Gasteiger partial charge < -0.3 is 14.1 Å². The molecule has 0 spiro atoms. The maximum atomic E-state index is 12.7. The minimum Gasteiger partial charge on any atom is -0.484 e. The van der Waals surface area contributed by atoms with Crippen LogP contribution in [0.5, 0.6) is 5.75 Å². The molecule has 0 N–H and O–H groups in total. The predicted octanol–water partition coefficient (Wildman–Crippen LogP) is 5.30. The first-order valence-corrected chi connectivity index (χ1v) is 9.20. The molecular formula is C20H17BrClNO3. The molecule has 1 amide bonds. The van der Waals surface area contributed by atoms with Gasteiger partial charge in [0.1, 0.15) is 11.5 Å². The van der Waals surface area contributed by atoms with Gasteiger partial charge in [-0.05, 0) is 54.1 Å². The first kappa shape index (κ1) is 18.5. The van der Waals surface area contributed by atoms with Gasteiger partial charge in [-0.1, -0.05) is 39.7 Å². The zero-order chi connectivity index (χ0) is 18.4. The molecule has 0 saturated carbocycles. The fourth-order valence-corrected chi connectivity index (χ4v) is 2.79. The van der Waals surface area contributed by atoms with Crippen LogP contribution in [-0.4, -0.2) is 17.4 Å². The molecule has 26 heavy (non-hydrogen) atoms. The van der Waals surface area contributed by atoms with E-state index in [1.165, 1.54) is 0 Å². The molecule has 134 valence electrons. The summed E-state index contributed by atoms with van der Waals surface area (Å²) in [4.78, 5) is 14.4. The van der Waals surface area contributed by atoms with E-state index < -0.39 is 0 Å². The van der Waals surface area contributed by atoms with Crippen LogP contribution in [0.15, 0.2) is 75.8 Å². The Morgan fingerprint density at radius 2 is 1.77 bits per heavy atom. The minimum absolute atomic E-state index is 0.0457. The number of amides is 1. The largest absolute Gasteiger partial charge is 0.484 e. The third kappa shape index (κ3) is 5.38. The van der Waals surface area contributed by atoms with Crippen LogP contribution in [-0.2, 0) is 17.9 Å². The van der Waals surface area contributed by atoms with Crippen LogP contribution in [0.4, 0.5) is 0 Å². The van der Waals surface area contributed by atoms with Crippen molar-refractivity contribution in [3.05, 3.63) is 87.7 Å². The summed E-state index contributed by atoms with van der Waals surface area (Å²) in [6.07, 6.45) is 1.60. The van der Waals surface area contributed by atoms with Crippen molar-refractivity contribution >= 4 is 33.4 Å². The molecule has 0 radical (unpaired) electrons. The van der Waals surface area contributed by atoms with Crippen molar-refractivity contribution in [3.8, 4) is 5.75 Å². The first-order valence-electron chi connectivity index (χ1n) is 8.03. The number of hydrogen-bond acceptors (Lipinski definition) is 3. The number of hydrogen-bond donors (Lipinski definition) is 0. The molecule has 0 aliphatic heterocycles. The van der Waals surface area contributed by atoms with Gasteiger partial charge in [0.25, 0.3) is 5.91 Å². The van der Waals surface area contributed by atoms with E-state index in [1.807, 2.05) is 54.6 Å². The van der Waals surface area contributed by atoms with E-state index in [1.54, 1.807) is 17.2 Å². The Balaban J connectivity index is 1.67. The summed E-state index contributed by atoms with van der Waals surface area (Å²) < 4.78 is 12.0. The average molecular weight is 435 g/mol. The number of benzene rings is 2. The van der Waals surface area contributed by atoms with E-state index in [2.05, 4.69) is 15.9 Å². The van der Waals surface area contributed by atoms with Crippen LogP contribution in [0, 0.1) is 0 Å². The molecule has 0 aliphatic rings. The lowest BCUT2D eigenvalue weighted by atomic mass is 10.2. The molecule has 3 rings (SSSR count). The van der Waals surface area contributed by atoms with E-state index in [0.29, 0.717) is 23.9 Å². The summed E-state index contributed by atoms with van der Waals surface area (Å²) in [5.41, 5.74) is 0.984. The van der Waals surface area contributed by atoms with E-state index in [4.69, 9.17) is 20.8 Å². The molecule has 0 aliphatic carbocycles. The Labute approximate surface area is 165 Å². The standard InChI is InChI=1S/C20H17BrClNO3/c21-16-5-9-18(10-6-16)26-14-20(24)23(13-19-2-1-11-25-19)12-15-3-7-17(22)8-4-15/h1-11H,12-14H2. The Hall–Kier alpha value is -2.24. The summed E-state index contributed by atoms with van der Waals surface area (Å²) in [5.74, 6) is 1.24. The second-order valence-electron chi connectivity index (χ2n) is 5.70. The van der Waals surface area contributed by atoms with Crippen LogP contribution in [0.2, 0.25) is 5.02 Å². The smallest absolute Gasteiger partial charge is 0.261 e. The number of halogens is 2.